The molecule has 0 saturated heterocycles. The van der Waals surface area contributed by atoms with E-state index in [4.69, 9.17) is 14.7 Å². The van der Waals surface area contributed by atoms with E-state index in [-0.39, 0.29) is 42.7 Å². The van der Waals surface area contributed by atoms with E-state index in [2.05, 4.69) is 235 Å². The molecule has 0 radical (unpaired) electrons. The quantitative estimate of drug-likeness (QED) is 0.149. The van der Waals surface area contributed by atoms with Crippen molar-refractivity contribution in [3.63, 3.8) is 0 Å². The second kappa shape index (κ2) is 19.0. The van der Waals surface area contributed by atoms with Gasteiger partial charge in [0.2, 0.25) is 0 Å². The zero-order chi connectivity index (χ0) is 52.1. The van der Waals surface area contributed by atoms with Crippen molar-refractivity contribution in [2.75, 3.05) is 9.80 Å². The van der Waals surface area contributed by atoms with Gasteiger partial charge in [-0.3, -0.25) is 0 Å². The second-order valence-electron chi connectivity index (χ2n) is 24.4. The molecule has 382 valence electrons. The van der Waals surface area contributed by atoms with Crippen molar-refractivity contribution in [3.05, 3.63) is 191 Å². The van der Waals surface area contributed by atoms with Crippen LogP contribution in [0.15, 0.2) is 128 Å². The molecule has 6 aromatic carbocycles. The summed E-state index contributed by atoms with van der Waals surface area (Å²) in [6, 6.07) is 49.0. The minimum Gasteiger partial charge on any atom is -0.509 e. The average Bonchev–Trinajstić information content (AvgIpc) is 3.86. The Labute approximate surface area is 455 Å². The van der Waals surface area contributed by atoms with E-state index in [1.807, 2.05) is 36.7 Å². The molecule has 4 heterocycles. The molecule has 1 aliphatic rings. The molecule has 6 nitrogen and oxygen atoms in total. The van der Waals surface area contributed by atoms with Crippen LogP contribution in [-0.2, 0) is 42.7 Å². The molecule has 0 atom stereocenters. The van der Waals surface area contributed by atoms with Crippen molar-refractivity contribution in [3.8, 4) is 39.6 Å². The van der Waals surface area contributed by atoms with Crippen molar-refractivity contribution < 1.29 is 25.8 Å². The largest absolute Gasteiger partial charge is 0.509 e. The molecule has 9 aromatic rings. The molecule has 10 rings (SSSR count). The van der Waals surface area contributed by atoms with E-state index in [0.717, 1.165) is 50.5 Å². The molecule has 0 saturated carbocycles. The van der Waals surface area contributed by atoms with Gasteiger partial charge >= 0.3 is 0 Å². The number of hydrogen-bond donors (Lipinski definition) is 0. The summed E-state index contributed by atoms with van der Waals surface area (Å²) < 4.78 is 8.95. The number of anilines is 4. The van der Waals surface area contributed by atoms with E-state index in [1.165, 1.54) is 66.8 Å². The fourth-order valence-corrected chi connectivity index (χ4v) is 10.6. The third kappa shape index (κ3) is 9.60. The first-order valence-corrected chi connectivity index (χ1v) is 25.8. The number of hydrogen-bond acceptors (Lipinski definition) is 5. The van der Waals surface area contributed by atoms with Crippen LogP contribution in [0.1, 0.15) is 128 Å². The van der Waals surface area contributed by atoms with Gasteiger partial charge in [-0.2, -0.15) is 12.1 Å². The number of pyridine rings is 2. The van der Waals surface area contributed by atoms with E-state index in [0.29, 0.717) is 11.5 Å². The monoisotopic (exact) mass is 1160 g/mol. The fraction of sp³-hybridized carbons (Fsp3) is 0.299. The summed E-state index contributed by atoms with van der Waals surface area (Å²) in [5.41, 5.74) is 19.6. The van der Waals surface area contributed by atoms with Crippen LogP contribution < -0.4 is 14.5 Å². The minimum absolute atomic E-state index is 0. The molecule has 74 heavy (non-hydrogen) atoms. The van der Waals surface area contributed by atoms with Crippen molar-refractivity contribution in [1.82, 2.24) is 14.5 Å². The summed E-state index contributed by atoms with van der Waals surface area (Å²) in [7, 11) is 0. The zero-order valence-electron chi connectivity index (χ0n) is 46.2. The van der Waals surface area contributed by atoms with E-state index >= 15 is 0 Å². The van der Waals surface area contributed by atoms with Crippen LogP contribution in [0.5, 0.6) is 11.5 Å². The van der Waals surface area contributed by atoms with Gasteiger partial charge in [0.1, 0.15) is 11.6 Å². The van der Waals surface area contributed by atoms with E-state index in [1.54, 1.807) is 0 Å². The standard InChI is InChI=1S/C67H70N5O.Pt/c1-41-31-46(65(8,9)10)32-42(2)60(41)54-35-48(67(14,15)16)36-55(61-43(3)33-47(34-44(61)4)66(11,12)13)62(54)71-40-70(57-25-20-29-69-63(57)71)49-21-19-22-50(38-49)73-51-26-27-53-52-23-17-18-24-56(52)72(58(53)39-51)59-37-45(28-30-68-59)64(5,6)7;/h17-37,40H,1-16H3;/q-3;. The van der Waals surface area contributed by atoms with E-state index < -0.39 is 0 Å². The Morgan fingerprint density at radius 1 is 0.486 bits per heavy atom. The predicted molar refractivity (Wildman–Crippen MR) is 307 cm³/mol. The number of rotatable bonds is 7. The Bertz CT molecular complexity index is 3490. The van der Waals surface area contributed by atoms with Crippen LogP contribution >= 0.6 is 0 Å². The van der Waals surface area contributed by atoms with Gasteiger partial charge in [0.25, 0.3) is 0 Å². The van der Waals surface area contributed by atoms with Crippen LogP contribution in [0.25, 0.3) is 49.9 Å². The third-order valence-corrected chi connectivity index (χ3v) is 14.7. The van der Waals surface area contributed by atoms with Gasteiger partial charge in [-0.1, -0.05) is 131 Å². The molecule has 7 heteroatoms. The van der Waals surface area contributed by atoms with Gasteiger partial charge in [0, 0.05) is 67.3 Å². The summed E-state index contributed by atoms with van der Waals surface area (Å²) in [5, 5.41) is 2.22. The van der Waals surface area contributed by atoms with Crippen LogP contribution in [0.3, 0.4) is 0 Å². The molecule has 0 fully saturated rings. The maximum atomic E-state index is 6.75. The maximum absolute atomic E-state index is 6.75. The number of para-hydroxylation sites is 1. The molecular weight excluding hydrogens is 1090 g/mol. The summed E-state index contributed by atoms with van der Waals surface area (Å²) in [4.78, 5) is 14.6. The predicted octanol–water partition coefficient (Wildman–Crippen LogP) is 18.1. The summed E-state index contributed by atoms with van der Waals surface area (Å²) >= 11 is 0. The van der Waals surface area contributed by atoms with Crippen LogP contribution in [0.2, 0.25) is 0 Å². The molecular formula is C67H70N5OPt-3. The molecule has 1 aliphatic heterocycles. The minimum atomic E-state index is -0.137. The first-order chi connectivity index (χ1) is 34.4. The number of ether oxygens (including phenoxy) is 1. The van der Waals surface area contributed by atoms with Crippen LogP contribution in [0, 0.1) is 46.5 Å². The Morgan fingerprint density at radius 3 is 1.62 bits per heavy atom. The third-order valence-electron chi connectivity index (χ3n) is 14.7. The molecule has 0 unspecified atom stereocenters. The van der Waals surface area contributed by atoms with Crippen molar-refractivity contribution in [2.45, 2.75) is 132 Å². The number of benzene rings is 6. The van der Waals surface area contributed by atoms with Gasteiger partial charge < -0.3 is 19.1 Å². The van der Waals surface area contributed by atoms with Crippen LogP contribution in [0.4, 0.5) is 22.9 Å². The first-order valence-electron chi connectivity index (χ1n) is 25.8. The number of aryl methyl sites for hydroxylation is 4. The number of nitrogens with zero attached hydrogens (tertiary/aromatic N) is 5. The molecule has 0 amide bonds. The molecule has 0 bridgehead atoms. The Balaban J connectivity index is 0.00000672. The molecule has 0 aliphatic carbocycles. The SMILES string of the molecule is Cc1cc(C(C)(C)C)cc(C)c1-c1cc(C(C)(C)C)cc(-c2c(C)cc(C(C)(C)C)cc2C)c1N1[CH-]N(c2[c-]c(Oc3[c-]c4c(cc3)c3ccccc3n4-c3cc(C(C)(C)C)ccn3)ccc2)c2cccnc21.[Pt]. The van der Waals surface area contributed by atoms with Gasteiger partial charge in [0.15, 0.2) is 0 Å². The second-order valence-corrected chi connectivity index (χ2v) is 24.4. The Kier molecular flexibility index (Phi) is 13.5. The van der Waals surface area contributed by atoms with E-state index in [9.17, 15) is 0 Å². The molecule has 0 N–H and O–H groups in total. The topological polar surface area (TPSA) is 46.4 Å². The van der Waals surface area contributed by atoms with Crippen molar-refractivity contribution in [1.29, 1.82) is 0 Å². The summed E-state index contributed by atoms with van der Waals surface area (Å²) in [5.74, 6) is 2.85. The molecule has 3 aromatic heterocycles. The number of aromatic nitrogens is 3. The Morgan fingerprint density at radius 2 is 1.04 bits per heavy atom. The first kappa shape index (κ1) is 52.4. The van der Waals surface area contributed by atoms with Gasteiger partial charge in [-0.15, -0.1) is 48.1 Å². The fourth-order valence-electron chi connectivity index (χ4n) is 10.6. The zero-order valence-corrected chi connectivity index (χ0v) is 48.4. The summed E-state index contributed by atoms with van der Waals surface area (Å²) in [6.45, 7) is 38.8. The average molecular weight is 1160 g/mol. The number of fused-ring (bicyclic) bond motifs is 4. The normalized spacial score (nSPS) is 13.2. The molecule has 0 spiro atoms. The Hall–Kier alpha value is -6.49. The van der Waals surface area contributed by atoms with Gasteiger partial charge in [-0.05, 0) is 153 Å². The smallest absolute Gasteiger partial charge is 0.135 e. The van der Waals surface area contributed by atoms with Crippen molar-refractivity contribution >= 4 is 44.7 Å². The van der Waals surface area contributed by atoms with Gasteiger partial charge in [-0.25, -0.2) is 9.97 Å². The van der Waals surface area contributed by atoms with Crippen LogP contribution in [-0.4, -0.2) is 14.5 Å². The van der Waals surface area contributed by atoms with Crippen molar-refractivity contribution in [2.24, 2.45) is 0 Å². The van der Waals surface area contributed by atoms with Gasteiger partial charge in [0.05, 0.1) is 5.69 Å². The summed E-state index contributed by atoms with van der Waals surface area (Å²) in [6.07, 6.45) is 3.81. The maximum Gasteiger partial charge on any atom is 0.135 e.